The molecule has 1 amide bonds. The van der Waals surface area contributed by atoms with Gasteiger partial charge in [0.15, 0.2) is 0 Å². The van der Waals surface area contributed by atoms with Crippen LogP contribution in [0.2, 0.25) is 0 Å². The molecular weight excluding hydrogens is 326 g/mol. The van der Waals surface area contributed by atoms with Crippen molar-refractivity contribution in [1.82, 2.24) is 25.4 Å². The summed E-state index contributed by atoms with van der Waals surface area (Å²) in [5, 5.41) is 10.6. The van der Waals surface area contributed by atoms with Crippen molar-refractivity contribution in [3.05, 3.63) is 77.9 Å². The van der Waals surface area contributed by atoms with E-state index in [1.165, 1.54) is 6.33 Å². The Morgan fingerprint density at radius 2 is 2.04 bits per heavy atom. The maximum Gasteiger partial charge on any atom is 0.251 e. The third-order valence-corrected chi connectivity index (χ3v) is 4.80. The number of benzene rings is 2. The zero-order valence-corrected chi connectivity index (χ0v) is 14.4. The van der Waals surface area contributed by atoms with Crippen molar-refractivity contribution in [3.63, 3.8) is 0 Å². The molecule has 1 aliphatic heterocycles. The van der Waals surface area contributed by atoms with E-state index in [2.05, 4.69) is 26.8 Å². The van der Waals surface area contributed by atoms with E-state index in [0.29, 0.717) is 12.5 Å². The third kappa shape index (κ3) is 3.36. The standard InChI is InChI=1S/C20H21N5O/c26-20(18-7-3-2-6-17(18)15-9-10-21-11-15)23-12-16-5-1-4-8-19(16)25-14-22-13-24-25/h1-8,13-15,21H,9-12H2,(H,23,26)/t15-/m1/s1. The maximum atomic E-state index is 12.8. The van der Waals surface area contributed by atoms with Crippen LogP contribution in [0.4, 0.5) is 0 Å². The van der Waals surface area contributed by atoms with Gasteiger partial charge in [-0.3, -0.25) is 4.79 Å². The van der Waals surface area contributed by atoms with E-state index in [0.717, 1.165) is 41.9 Å². The summed E-state index contributed by atoms with van der Waals surface area (Å²) in [7, 11) is 0. The van der Waals surface area contributed by atoms with Crippen LogP contribution in [-0.2, 0) is 6.54 Å². The summed E-state index contributed by atoms with van der Waals surface area (Å²) < 4.78 is 1.71. The molecule has 6 heteroatoms. The molecule has 2 aromatic carbocycles. The largest absolute Gasteiger partial charge is 0.348 e. The Bertz CT molecular complexity index is 885. The summed E-state index contributed by atoms with van der Waals surface area (Å²) in [6.07, 6.45) is 4.23. The molecule has 0 bridgehead atoms. The topological polar surface area (TPSA) is 71.8 Å². The van der Waals surface area contributed by atoms with Crippen molar-refractivity contribution in [1.29, 1.82) is 0 Å². The molecule has 26 heavy (non-hydrogen) atoms. The molecule has 0 unspecified atom stereocenters. The van der Waals surface area contributed by atoms with Crippen molar-refractivity contribution >= 4 is 5.91 Å². The fourth-order valence-electron chi connectivity index (χ4n) is 3.47. The minimum Gasteiger partial charge on any atom is -0.348 e. The Labute approximate surface area is 152 Å². The average molecular weight is 347 g/mol. The number of rotatable bonds is 5. The van der Waals surface area contributed by atoms with Gasteiger partial charge in [0, 0.05) is 18.7 Å². The van der Waals surface area contributed by atoms with Gasteiger partial charge in [-0.25, -0.2) is 9.67 Å². The number of aromatic nitrogens is 3. The molecule has 0 saturated carbocycles. The number of nitrogens with zero attached hydrogens (tertiary/aromatic N) is 3. The van der Waals surface area contributed by atoms with Gasteiger partial charge in [-0.1, -0.05) is 36.4 Å². The van der Waals surface area contributed by atoms with Crippen LogP contribution in [0.25, 0.3) is 5.69 Å². The van der Waals surface area contributed by atoms with Crippen LogP contribution in [-0.4, -0.2) is 33.8 Å². The van der Waals surface area contributed by atoms with Crippen LogP contribution in [0.1, 0.15) is 33.8 Å². The van der Waals surface area contributed by atoms with E-state index in [1.54, 1.807) is 11.0 Å². The number of carbonyl (C=O) groups excluding carboxylic acids is 1. The molecule has 4 rings (SSSR count). The van der Waals surface area contributed by atoms with Crippen molar-refractivity contribution < 1.29 is 4.79 Å². The van der Waals surface area contributed by atoms with Crippen LogP contribution in [0.5, 0.6) is 0 Å². The van der Waals surface area contributed by atoms with Crippen molar-refractivity contribution in [2.24, 2.45) is 0 Å². The molecule has 3 aromatic rings. The highest BCUT2D eigenvalue weighted by Crippen LogP contribution is 2.25. The molecule has 0 radical (unpaired) electrons. The Balaban J connectivity index is 1.52. The molecule has 132 valence electrons. The quantitative estimate of drug-likeness (QED) is 0.743. The Hall–Kier alpha value is -2.99. The highest BCUT2D eigenvalue weighted by molar-refractivity contribution is 5.95. The van der Waals surface area contributed by atoms with Crippen molar-refractivity contribution in [2.75, 3.05) is 13.1 Å². The second-order valence-electron chi connectivity index (χ2n) is 6.43. The molecule has 2 N–H and O–H groups in total. The Morgan fingerprint density at radius 3 is 2.85 bits per heavy atom. The summed E-state index contributed by atoms with van der Waals surface area (Å²) in [6.45, 7) is 2.37. The van der Waals surface area contributed by atoms with Crippen LogP contribution < -0.4 is 10.6 Å². The van der Waals surface area contributed by atoms with Crippen LogP contribution in [0.3, 0.4) is 0 Å². The fraction of sp³-hybridized carbons (Fsp3) is 0.250. The molecule has 1 saturated heterocycles. The van der Waals surface area contributed by atoms with E-state index in [1.807, 2.05) is 42.5 Å². The minimum atomic E-state index is -0.0408. The average Bonchev–Trinajstić information content (AvgIpc) is 3.40. The normalized spacial score (nSPS) is 16.5. The summed E-state index contributed by atoms with van der Waals surface area (Å²) >= 11 is 0. The van der Waals surface area contributed by atoms with Gasteiger partial charge >= 0.3 is 0 Å². The van der Waals surface area contributed by atoms with E-state index in [4.69, 9.17) is 0 Å². The second-order valence-corrected chi connectivity index (χ2v) is 6.43. The molecule has 1 aliphatic rings. The molecule has 0 spiro atoms. The Kier molecular flexibility index (Phi) is 4.75. The van der Waals surface area contributed by atoms with Crippen molar-refractivity contribution in [3.8, 4) is 5.69 Å². The van der Waals surface area contributed by atoms with Crippen LogP contribution in [0, 0.1) is 0 Å². The predicted molar refractivity (Wildman–Crippen MR) is 99.2 cm³/mol. The minimum absolute atomic E-state index is 0.0408. The molecule has 1 aromatic heterocycles. The van der Waals surface area contributed by atoms with E-state index < -0.39 is 0 Å². The molecule has 1 fully saturated rings. The zero-order valence-electron chi connectivity index (χ0n) is 14.4. The van der Waals surface area contributed by atoms with E-state index in [9.17, 15) is 4.79 Å². The summed E-state index contributed by atoms with van der Waals surface area (Å²) in [5.41, 5.74) is 3.80. The summed E-state index contributed by atoms with van der Waals surface area (Å²) in [6, 6.07) is 15.8. The van der Waals surface area contributed by atoms with Gasteiger partial charge in [-0.15, -0.1) is 0 Å². The van der Waals surface area contributed by atoms with Gasteiger partial charge in [0.1, 0.15) is 12.7 Å². The summed E-state index contributed by atoms with van der Waals surface area (Å²) in [4.78, 5) is 16.8. The second kappa shape index (κ2) is 7.49. The van der Waals surface area contributed by atoms with Crippen LogP contribution >= 0.6 is 0 Å². The maximum absolute atomic E-state index is 12.8. The molecule has 6 nitrogen and oxygen atoms in total. The summed E-state index contributed by atoms with van der Waals surface area (Å²) in [5.74, 6) is 0.361. The molecule has 2 heterocycles. The predicted octanol–water partition coefficient (Wildman–Crippen LogP) is 2.27. The molecule has 1 atom stereocenters. The number of para-hydroxylation sites is 1. The van der Waals surface area contributed by atoms with Gasteiger partial charge in [0.05, 0.1) is 5.69 Å². The highest BCUT2D eigenvalue weighted by Gasteiger charge is 2.22. The highest BCUT2D eigenvalue weighted by atomic mass is 16.1. The third-order valence-electron chi connectivity index (χ3n) is 4.80. The first-order valence-electron chi connectivity index (χ1n) is 8.83. The SMILES string of the molecule is O=C(NCc1ccccc1-n1cncn1)c1ccccc1[C@@H]1CCNC1. The van der Waals surface area contributed by atoms with Gasteiger partial charge in [-0.05, 0) is 42.1 Å². The van der Waals surface area contributed by atoms with Gasteiger partial charge < -0.3 is 10.6 Å². The van der Waals surface area contributed by atoms with Gasteiger partial charge in [-0.2, -0.15) is 5.10 Å². The monoisotopic (exact) mass is 347 g/mol. The van der Waals surface area contributed by atoms with Gasteiger partial charge in [0.2, 0.25) is 0 Å². The fourth-order valence-corrected chi connectivity index (χ4v) is 3.47. The number of hydrogen-bond acceptors (Lipinski definition) is 4. The first kappa shape index (κ1) is 16.5. The van der Waals surface area contributed by atoms with E-state index in [-0.39, 0.29) is 5.91 Å². The van der Waals surface area contributed by atoms with E-state index >= 15 is 0 Å². The smallest absolute Gasteiger partial charge is 0.251 e. The van der Waals surface area contributed by atoms with Crippen molar-refractivity contribution in [2.45, 2.75) is 18.9 Å². The first-order valence-corrected chi connectivity index (χ1v) is 8.83. The number of amides is 1. The lowest BCUT2D eigenvalue weighted by Crippen LogP contribution is -2.25. The lowest BCUT2D eigenvalue weighted by molar-refractivity contribution is 0.0949. The zero-order chi connectivity index (χ0) is 17.8. The first-order chi connectivity index (χ1) is 12.8. The lowest BCUT2D eigenvalue weighted by atomic mass is 9.93. The van der Waals surface area contributed by atoms with Crippen LogP contribution in [0.15, 0.2) is 61.2 Å². The lowest BCUT2D eigenvalue weighted by Gasteiger charge is -2.15. The number of nitrogens with one attached hydrogen (secondary N) is 2. The number of hydrogen-bond donors (Lipinski definition) is 2. The molecule has 0 aliphatic carbocycles. The Morgan fingerprint density at radius 1 is 1.19 bits per heavy atom. The van der Waals surface area contributed by atoms with Gasteiger partial charge in [0.25, 0.3) is 5.91 Å². The molecular formula is C20H21N5O. The number of carbonyl (C=O) groups is 1.